The molecule has 0 unspecified atom stereocenters. The quantitative estimate of drug-likeness (QED) is 0.922. The lowest BCUT2D eigenvalue weighted by molar-refractivity contribution is -0.116. The predicted octanol–water partition coefficient (Wildman–Crippen LogP) is 1.98. The second-order valence-corrected chi connectivity index (χ2v) is 7.06. The van der Waals surface area contributed by atoms with Crippen molar-refractivity contribution in [2.45, 2.75) is 57.2 Å². The van der Waals surface area contributed by atoms with Crippen LogP contribution in [0.4, 0.5) is 0 Å². The Morgan fingerprint density at radius 3 is 3.04 bits per heavy atom. The Labute approximate surface area is 135 Å². The second-order valence-electron chi connectivity index (χ2n) is 7.06. The lowest BCUT2D eigenvalue weighted by Crippen LogP contribution is -2.43. The van der Waals surface area contributed by atoms with Crippen LogP contribution in [-0.4, -0.2) is 41.3 Å². The van der Waals surface area contributed by atoms with E-state index in [1.54, 1.807) is 0 Å². The molecule has 1 amide bonds. The fraction of sp³-hybridized carbons (Fsp3) is 0.647. The molecule has 1 saturated carbocycles. The zero-order valence-corrected chi connectivity index (χ0v) is 13.5. The number of hydrogen-bond donors (Lipinski definition) is 1. The van der Waals surface area contributed by atoms with Crippen LogP contribution in [0.5, 0.6) is 0 Å². The maximum absolute atomic E-state index is 12.2. The molecular weight excluding hydrogens is 294 g/mol. The third kappa shape index (κ3) is 3.00. The van der Waals surface area contributed by atoms with Crippen molar-refractivity contribution in [1.82, 2.24) is 10.2 Å². The molecule has 124 valence electrons. The molecule has 0 aromatic carbocycles. The Hall–Kier alpha value is -1.82. The van der Waals surface area contributed by atoms with Crippen LogP contribution in [0.3, 0.4) is 0 Å². The van der Waals surface area contributed by atoms with Crippen molar-refractivity contribution in [3.05, 3.63) is 23.7 Å². The molecule has 0 radical (unpaired) electrons. The van der Waals surface area contributed by atoms with E-state index in [4.69, 9.17) is 9.25 Å². The first-order valence-electron chi connectivity index (χ1n) is 8.45. The topological polar surface area (TPSA) is 67.1 Å². The molecule has 1 N–H and O–H groups in total. The number of oxime groups is 1. The Bertz CT molecular complexity index is 635. The summed E-state index contributed by atoms with van der Waals surface area (Å²) in [4.78, 5) is 20.2. The smallest absolute Gasteiger partial charge is 0.269 e. The van der Waals surface area contributed by atoms with Crippen LogP contribution < -0.4 is 5.32 Å². The van der Waals surface area contributed by atoms with Gasteiger partial charge in [-0.15, -0.1) is 0 Å². The number of hydrogen-bond acceptors (Lipinski definition) is 5. The van der Waals surface area contributed by atoms with Gasteiger partial charge in [0.05, 0.1) is 6.54 Å². The zero-order chi connectivity index (χ0) is 15.9. The van der Waals surface area contributed by atoms with E-state index in [9.17, 15) is 4.79 Å². The van der Waals surface area contributed by atoms with Gasteiger partial charge in [0.1, 0.15) is 17.2 Å². The summed E-state index contributed by atoms with van der Waals surface area (Å²) >= 11 is 0. The average Bonchev–Trinajstić information content (AvgIpc) is 3.18. The van der Waals surface area contributed by atoms with E-state index >= 15 is 0 Å². The summed E-state index contributed by atoms with van der Waals surface area (Å²) in [6, 6.07) is 4.34. The van der Waals surface area contributed by atoms with Gasteiger partial charge in [-0.1, -0.05) is 5.16 Å². The summed E-state index contributed by atoms with van der Waals surface area (Å²) in [7, 11) is 0. The maximum atomic E-state index is 12.2. The molecule has 1 saturated heterocycles. The van der Waals surface area contributed by atoms with E-state index in [1.165, 1.54) is 6.42 Å². The summed E-state index contributed by atoms with van der Waals surface area (Å²) in [6.07, 6.45) is 4.89. The summed E-state index contributed by atoms with van der Waals surface area (Å²) in [6.45, 7) is 4.46. The summed E-state index contributed by atoms with van der Waals surface area (Å²) in [5, 5.41) is 7.12. The molecule has 1 aromatic heterocycles. The van der Waals surface area contributed by atoms with Crippen molar-refractivity contribution in [1.29, 1.82) is 0 Å². The van der Waals surface area contributed by atoms with Gasteiger partial charge in [0.15, 0.2) is 5.60 Å². The van der Waals surface area contributed by atoms with Gasteiger partial charge in [-0.2, -0.15) is 0 Å². The van der Waals surface area contributed by atoms with E-state index in [-0.39, 0.29) is 11.5 Å². The second kappa shape index (κ2) is 5.67. The van der Waals surface area contributed by atoms with Crippen molar-refractivity contribution < 1.29 is 14.0 Å². The zero-order valence-electron chi connectivity index (χ0n) is 13.5. The van der Waals surface area contributed by atoms with Gasteiger partial charge >= 0.3 is 0 Å². The number of furan rings is 1. The first-order valence-corrected chi connectivity index (χ1v) is 8.45. The van der Waals surface area contributed by atoms with Crippen LogP contribution in [0.2, 0.25) is 0 Å². The van der Waals surface area contributed by atoms with Crippen LogP contribution in [0.25, 0.3) is 0 Å². The highest BCUT2D eigenvalue weighted by atomic mass is 16.7. The Kier molecular flexibility index (Phi) is 3.64. The minimum atomic E-state index is -0.325. The molecule has 3 aliphatic rings. The average molecular weight is 317 g/mol. The fourth-order valence-electron chi connectivity index (χ4n) is 3.54. The van der Waals surface area contributed by atoms with E-state index in [1.807, 2.05) is 19.1 Å². The predicted molar refractivity (Wildman–Crippen MR) is 85.0 cm³/mol. The standard InChI is InChI=1S/C17H23N3O3/c1-12-5-6-14(22-12)10-20-8-7-17(11-20)9-15(19-23-17)16(21)18-13-3-2-4-13/h5-6,13H,2-4,7-11H2,1H3,(H,18,21)/t17-/m1/s1. The molecule has 6 nitrogen and oxygen atoms in total. The molecule has 6 heteroatoms. The SMILES string of the molecule is Cc1ccc(CN2CC[C@@]3(CC(C(=O)NC4CCC4)=NO3)C2)o1. The van der Waals surface area contributed by atoms with Gasteiger partial charge in [0.2, 0.25) is 0 Å². The van der Waals surface area contributed by atoms with Crippen LogP contribution >= 0.6 is 0 Å². The fourth-order valence-corrected chi connectivity index (χ4v) is 3.54. The van der Waals surface area contributed by atoms with Crippen molar-refractivity contribution >= 4 is 11.6 Å². The van der Waals surface area contributed by atoms with Crippen LogP contribution in [0.1, 0.15) is 43.6 Å². The van der Waals surface area contributed by atoms with Crippen molar-refractivity contribution in [2.24, 2.45) is 5.16 Å². The Morgan fingerprint density at radius 1 is 1.48 bits per heavy atom. The number of amides is 1. The molecule has 1 aliphatic carbocycles. The van der Waals surface area contributed by atoms with Crippen LogP contribution in [0.15, 0.2) is 21.7 Å². The monoisotopic (exact) mass is 317 g/mol. The van der Waals surface area contributed by atoms with Gasteiger partial charge in [-0.05, 0) is 38.3 Å². The number of carbonyl (C=O) groups excluding carboxylic acids is 1. The first-order chi connectivity index (χ1) is 11.1. The lowest BCUT2D eigenvalue weighted by Gasteiger charge is -2.26. The van der Waals surface area contributed by atoms with Crippen molar-refractivity contribution in [3.63, 3.8) is 0 Å². The van der Waals surface area contributed by atoms with E-state index in [2.05, 4.69) is 15.4 Å². The normalized spacial score (nSPS) is 27.8. The highest BCUT2D eigenvalue weighted by Crippen LogP contribution is 2.34. The largest absolute Gasteiger partial charge is 0.465 e. The Balaban J connectivity index is 1.31. The van der Waals surface area contributed by atoms with E-state index in [0.717, 1.165) is 50.4 Å². The van der Waals surface area contributed by atoms with Gasteiger partial charge < -0.3 is 14.6 Å². The molecule has 4 rings (SSSR count). The number of rotatable bonds is 4. The van der Waals surface area contributed by atoms with Gasteiger partial charge in [0, 0.05) is 32.0 Å². The van der Waals surface area contributed by atoms with Gasteiger partial charge in [-0.25, -0.2) is 0 Å². The van der Waals surface area contributed by atoms with Crippen molar-refractivity contribution in [3.8, 4) is 0 Å². The number of nitrogens with zero attached hydrogens (tertiary/aromatic N) is 2. The minimum absolute atomic E-state index is 0.0494. The molecule has 0 bridgehead atoms. The third-order valence-corrected chi connectivity index (χ3v) is 5.11. The molecule has 2 fully saturated rings. The Morgan fingerprint density at radius 2 is 2.35 bits per heavy atom. The molecule has 2 aliphatic heterocycles. The molecule has 1 spiro atoms. The third-order valence-electron chi connectivity index (χ3n) is 5.11. The van der Waals surface area contributed by atoms with E-state index < -0.39 is 0 Å². The summed E-state index contributed by atoms with van der Waals surface area (Å²) in [5.41, 5.74) is 0.223. The molecule has 23 heavy (non-hydrogen) atoms. The lowest BCUT2D eigenvalue weighted by atomic mass is 9.92. The van der Waals surface area contributed by atoms with E-state index in [0.29, 0.717) is 18.2 Å². The number of aryl methyl sites for hydroxylation is 1. The molecule has 1 aromatic rings. The number of nitrogens with one attached hydrogen (secondary N) is 1. The summed E-state index contributed by atoms with van der Waals surface area (Å²) < 4.78 is 5.64. The van der Waals surface area contributed by atoms with Crippen LogP contribution in [-0.2, 0) is 16.2 Å². The maximum Gasteiger partial charge on any atom is 0.269 e. The minimum Gasteiger partial charge on any atom is -0.465 e. The number of carbonyl (C=O) groups is 1. The highest BCUT2D eigenvalue weighted by Gasteiger charge is 2.46. The summed E-state index contributed by atoms with van der Waals surface area (Å²) in [5.74, 6) is 1.86. The van der Waals surface area contributed by atoms with Crippen LogP contribution in [0, 0.1) is 6.92 Å². The molecule has 3 heterocycles. The highest BCUT2D eigenvalue weighted by molar-refractivity contribution is 6.39. The number of likely N-dealkylation sites (tertiary alicyclic amines) is 1. The molecular formula is C17H23N3O3. The first kappa shape index (κ1) is 14.8. The van der Waals surface area contributed by atoms with Gasteiger partial charge in [0.25, 0.3) is 5.91 Å². The van der Waals surface area contributed by atoms with Crippen molar-refractivity contribution in [2.75, 3.05) is 13.1 Å². The van der Waals surface area contributed by atoms with Gasteiger partial charge in [-0.3, -0.25) is 9.69 Å². The molecule has 1 atom stereocenters.